The summed E-state index contributed by atoms with van der Waals surface area (Å²) < 4.78 is 4.78. The molecule has 0 N–H and O–H groups in total. The van der Waals surface area contributed by atoms with Gasteiger partial charge in [-0.25, -0.2) is 4.79 Å². The molecule has 50 valence electrons. The van der Waals surface area contributed by atoms with Crippen LogP contribution in [-0.2, 0) is 11.3 Å². The lowest BCUT2D eigenvalue weighted by Gasteiger charge is -1.87. The minimum atomic E-state index is -0.199. The molecule has 1 aliphatic heterocycles. The third-order valence-electron chi connectivity index (χ3n) is 1.60. The van der Waals surface area contributed by atoms with E-state index in [4.69, 9.17) is 4.74 Å². The largest absolute Gasteiger partial charge is 0.457 e. The van der Waals surface area contributed by atoms with Crippen LogP contribution in [0, 0.1) is 0 Å². The Kier molecular flexibility index (Phi) is 1.01. The first kappa shape index (κ1) is 5.47. The van der Waals surface area contributed by atoms with Crippen LogP contribution >= 0.6 is 0 Å². The number of fused-ring (bicyclic) bond motifs is 1. The molecule has 0 atom stereocenters. The molecule has 0 fully saturated rings. The molecule has 1 aromatic rings. The predicted octanol–water partition coefficient (Wildman–Crippen LogP) is 1.36. The predicted molar refractivity (Wildman–Crippen MR) is 35.6 cm³/mol. The molecule has 0 aromatic heterocycles. The number of rotatable bonds is 0. The van der Waals surface area contributed by atoms with Crippen molar-refractivity contribution < 1.29 is 9.53 Å². The van der Waals surface area contributed by atoms with Gasteiger partial charge in [0.05, 0.1) is 5.56 Å². The minimum Gasteiger partial charge on any atom is -0.457 e. The lowest BCUT2D eigenvalue weighted by molar-refractivity contribution is 0.0535. The SMILES string of the molecule is O=[11C]1OCc2ccccc21. The normalized spacial score (nSPS) is 14.6. The van der Waals surface area contributed by atoms with Gasteiger partial charge in [0.15, 0.2) is 0 Å². The first-order chi connectivity index (χ1) is 4.88. The zero-order valence-electron chi connectivity index (χ0n) is 5.33. The van der Waals surface area contributed by atoms with Crippen LogP contribution in [0.2, 0.25) is 0 Å². The monoisotopic (exact) mass is 133 g/mol. The summed E-state index contributed by atoms with van der Waals surface area (Å²) in [4.78, 5) is 10.8. The topological polar surface area (TPSA) is 26.3 Å². The highest BCUT2D eigenvalue weighted by Crippen LogP contribution is 2.17. The van der Waals surface area contributed by atoms with Crippen molar-refractivity contribution in [2.75, 3.05) is 0 Å². The summed E-state index contributed by atoms with van der Waals surface area (Å²) in [6.07, 6.45) is 0. The Morgan fingerprint density at radius 3 is 2.90 bits per heavy atom. The Bertz CT molecular complexity index is 278. The molecule has 2 nitrogen and oxygen atoms in total. The van der Waals surface area contributed by atoms with Crippen molar-refractivity contribution in [3.05, 3.63) is 35.4 Å². The van der Waals surface area contributed by atoms with Gasteiger partial charge in [-0.15, -0.1) is 0 Å². The van der Waals surface area contributed by atoms with E-state index in [1.54, 1.807) is 6.07 Å². The van der Waals surface area contributed by atoms with Gasteiger partial charge >= 0.3 is 5.97 Å². The molecular formula is C8H6O2. The average Bonchev–Trinajstić information content (AvgIpc) is 2.34. The van der Waals surface area contributed by atoms with Crippen molar-refractivity contribution in [3.8, 4) is 0 Å². The van der Waals surface area contributed by atoms with Crippen molar-refractivity contribution >= 4 is 5.97 Å². The Balaban J connectivity index is 2.61. The van der Waals surface area contributed by atoms with Gasteiger partial charge in [-0.2, -0.15) is 0 Å². The van der Waals surface area contributed by atoms with Gasteiger partial charge in [-0.3, -0.25) is 0 Å². The molecule has 0 amide bonds. The number of ether oxygens (including phenoxy) is 1. The summed E-state index contributed by atoms with van der Waals surface area (Å²) >= 11 is 0. The second kappa shape index (κ2) is 1.84. The van der Waals surface area contributed by atoms with E-state index in [0.717, 1.165) is 5.56 Å². The van der Waals surface area contributed by atoms with E-state index in [9.17, 15) is 4.79 Å². The first-order valence-corrected chi connectivity index (χ1v) is 3.13. The molecule has 0 saturated carbocycles. The van der Waals surface area contributed by atoms with Crippen LogP contribution in [0.4, 0.5) is 0 Å². The van der Waals surface area contributed by atoms with Crippen molar-refractivity contribution in [1.29, 1.82) is 0 Å². The zero-order chi connectivity index (χ0) is 6.97. The number of cyclic esters (lactones) is 1. The van der Waals surface area contributed by atoms with Crippen molar-refractivity contribution in [1.82, 2.24) is 0 Å². The summed E-state index contributed by atoms with van der Waals surface area (Å²) in [7, 11) is 0. The van der Waals surface area contributed by atoms with Gasteiger partial charge in [0.1, 0.15) is 6.61 Å². The minimum absolute atomic E-state index is 0.199. The summed E-state index contributed by atoms with van der Waals surface area (Å²) in [5.74, 6) is -0.199. The third kappa shape index (κ3) is 0.620. The average molecular weight is 133 g/mol. The Morgan fingerprint density at radius 2 is 2.10 bits per heavy atom. The maximum atomic E-state index is 10.8. The van der Waals surface area contributed by atoms with Crippen LogP contribution in [0.1, 0.15) is 15.9 Å². The molecule has 0 radical (unpaired) electrons. The number of esters is 1. The zero-order valence-corrected chi connectivity index (χ0v) is 5.33. The number of carbonyl (C=O) groups excluding carboxylic acids is 1. The van der Waals surface area contributed by atoms with Crippen molar-refractivity contribution in [3.63, 3.8) is 0 Å². The molecule has 0 saturated heterocycles. The molecule has 2 heteroatoms. The van der Waals surface area contributed by atoms with Crippen LogP contribution in [0.3, 0.4) is 0 Å². The van der Waals surface area contributed by atoms with Crippen LogP contribution in [0.15, 0.2) is 24.3 Å². The van der Waals surface area contributed by atoms with Gasteiger partial charge in [0.25, 0.3) is 0 Å². The fourth-order valence-electron chi connectivity index (χ4n) is 1.07. The molecule has 1 aromatic carbocycles. The summed E-state index contributed by atoms with van der Waals surface area (Å²) in [5, 5.41) is 0. The van der Waals surface area contributed by atoms with Gasteiger partial charge in [-0.05, 0) is 6.07 Å². The van der Waals surface area contributed by atoms with E-state index < -0.39 is 0 Å². The second-order valence-corrected chi connectivity index (χ2v) is 2.23. The Labute approximate surface area is 58.4 Å². The number of hydrogen-bond donors (Lipinski definition) is 0. The standard InChI is InChI=1S/C8H6O2/c9-8-7-4-2-1-3-6(7)5-10-8/h1-4H,5H2/i8-1. The van der Waals surface area contributed by atoms with E-state index in [0.29, 0.717) is 12.2 Å². The van der Waals surface area contributed by atoms with Crippen LogP contribution in [0.25, 0.3) is 0 Å². The first-order valence-electron chi connectivity index (χ1n) is 3.13. The van der Waals surface area contributed by atoms with Gasteiger partial charge in [-0.1, -0.05) is 18.2 Å². The van der Waals surface area contributed by atoms with Gasteiger partial charge < -0.3 is 4.74 Å². The van der Waals surface area contributed by atoms with E-state index >= 15 is 0 Å². The van der Waals surface area contributed by atoms with Crippen LogP contribution < -0.4 is 0 Å². The number of carbonyl (C=O) groups is 1. The molecular weight excluding hydrogens is 127 g/mol. The maximum absolute atomic E-state index is 10.8. The second-order valence-electron chi connectivity index (χ2n) is 2.23. The van der Waals surface area contributed by atoms with Crippen molar-refractivity contribution in [2.24, 2.45) is 0 Å². The van der Waals surface area contributed by atoms with E-state index in [-0.39, 0.29) is 5.97 Å². The number of benzene rings is 1. The number of hydrogen-bond acceptors (Lipinski definition) is 2. The highest BCUT2D eigenvalue weighted by atomic mass is 16.5. The van der Waals surface area contributed by atoms with Crippen LogP contribution in [-0.4, -0.2) is 5.97 Å². The van der Waals surface area contributed by atoms with E-state index in [2.05, 4.69) is 0 Å². The summed E-state index contributed by atoms with van der Waals surface area (Å²) in [6, 6.07) is 7.43. The van der Waals surface area contributed by atoms with Gasteiger partial charge in [0.2, 0.25) is 0 Å². The fraction of sp³-hybridized carbons (Fsp3) is 0.125. The fourth-order valence-corrected chi connectivity index (χ4v) is 1.07. The molecule has 0 unspecified atom stereocenters. The van der Waals surface area contributed by atoms with Gasteiger partial charge in [0, 0.05) is 5.56 Å². The van der Waals surface area contributed by atoms with Crippen molar-refractivity contribution in [2.45, 2.75) is 6.61 Å². The quantitative estimate of drug-likeness (QED) is 0.499. The molecule has 0 aliphatic carbocycles. The van der Waals surface area contributed by atoms with E-state index in [1.807, 2.05) is 18.2 Å². The molecule has 1 heterocycles. The Hall–Kier alpha value is -1.31. The summed E-state index contributed by atoms with van der Waals surface area (Å²) in [5.41, 5.74) is 1.70. The van der Waals surface area contributed by atoms with Crippen LogP contribution in [0.5, 0.6) is 0 Å². The maximum Gasteiger partial charge on any atom is 0.338 e. The summed E-state index contributed by atoms with van der Waals surface area (Å²) in [6.45, 7) is 0.439. The molecule has 0 bridgehead atoms. The van der Waals surface area contributed by atoms with E-state index in [1.165, 1.54) is 0 Å². The Morgan fingerprint density at radius 1 is 1.30 bits per heavy atom. The lowest BCUT2D eigenvalue weighted by atomic mass is 9.93. The lowest BCUT2D eigenvalue weighted by Crippen LogP contribution is -1.91. The highest BCUT2D eigenvalue weighted by molar-refractivity contribution is 5.93. The smallest absolute Gasteiger partial charge is 0.338 e. The third-order valence-corrected chi connectivity index (χ3v) is 1.60. The molecule has 10 heavy (non-hydrogen) atoms. The molecule has 0 spiro atoms. The highest BCUT2D eigenvalue weighted by Gasteiger charge is 2.18. The molecule has 2 rings (SSSR count). The molecule has 1 aliphatic rings.